The van der Waals surface area contributed by atoms with Gasteiger partial charge >= 0.3 is 0 Å². The Morgan fingerprint density at radius 3 is 2.53 bits per heavy atom. The number of hydrogen-bond acceptors (Lipinski definition) is 2. The van der Waals surface area contributed by atoms with E-state index in [4.69, 9.17) is 5.73 Å². The van der Waals surface area contributed by atoms with Crippen LogP contribution in [-0.2, 0) is 0 Å². The summed E-state index contributed by atoms with van der Waals surface area (Å²) in [6.07, 6.45) is 8.32. The third-order valence-electron chi connectivity index (χ3n) is 3.59. The number of nitrogens with two attached hydrogens (primary N) is 1. The van der Waals surface area contributed by atoms with E-state index in [-0.39, 0.29) is 0 Å². The molecule has 1 atom stereocenters. The second kappa shape index (κ2) is 7.24. The van der Waals surface area contributed by atoms with Gasteiger partial charge in [-0.05, 0) is 25.2 Å². The molecule has 0 aromatic rings. The lowest BCUT2D eigenvalue weighted by Crippen LogP contribution is -2.40. The van der Waals surface area contributed by atoms with Crippen LogP contribution in [0.25, 0.3) is 0 Å². The first kappa shape index (κ1) is 13.0. The fourth-order valence-corrected chi connectivity index (χ4v) is 2.84. The lowest BCUT2D eigenvalue weighted by atomic mass is 10.0. The standard InChI is InChI=1S/C13H28N2/c1-3-6-12(2)11-15(10-9-14)13-7-4-5-8-13/h12-13H,3-11,14H2,1-2H3. The van der Waals surface area contributed by atoms with Crippen LogP contribution in [-0.4, -0.2) is 30.6 Å². The van der Waals surface area contributed by atoms with Crippen molar-refractivity contribution in [3.8, 4) is 0 Å². The van der Waals surface area contributed by atoms with Crippen molar-refractivity contribution in [3.05, 3.63) is 0 Å². The lowest BCUT2D eigenvalue weighted by molar-refractivity contribution is 0.173. The largest absolute Gasteiger partial charge is 0.329 e. The van der Waals surface area contributed by atoms with Gasteiger partial charge in [0.2, 0.25) is 0 Å². The summed E-state index contributed by atoms with van der Waals surface area (Å²) in [5.41, 5.74) is 5.71. The van der Waals surface area contributed by atoms with Crippen LogP contribution in [0.4, 0.5) is 0 Å². The summed E-state index contributed by atoms with van der Waals surface area (Å²) in [5.74, 6) is 0.835. The van der Waals surface area contributed by atoms with Gasteiger partial charge in [0.1, 0.15) is 0 Å². The van der Waals surface area contributed by atoms with Crippen LogP contribution in [0.3, 0.4) is 0 Å². The van der Waals surface area contributed by atoms with Crippen molar-refractivity contribution in [2.24, 2.45) is 11.7 Å². The molecule has 2 N–H and O–H groups in total. The van der Waals surface area contributed by atoms with Gasteiger partial charge in [0.05, 0.1) is 0 Å². The van der Waals surface area contributed by atoms with Gasteiger partial charge in [0, 0.05) is 25.7 Å². The van der Waals surface area contributed by atoms with E-state index in [0.717, 1.165) is 25.0 Å². The van der Waals surface area contributed by atoms with Crippen molar-refractivity contribution in [3.63, 3.8) is 0 Å². The Hall–Kier alpha value is -0.0800. The topological polar surface area (TPSA) is 29.3 Å². The smallest absolute Gasteiger partial charge is 0.0108 e. The molecule has 1 aliphatic carbocycles. The van der Waals surface area contributed by atoms with Gasteiger partial charge in [-0.15, -0.1) is 0 Å². The summed E-state index contributed by atoms with van der Waals surface area (Å²) < 4.78 is 0. The van der Waals surface area contributed by atoms with Crippen LogP contribution in [0.5, 0.6) is 0 Å². The van der Waals surface area contributed by atoms with Crippen LogP contribution in [0.2, 0.25) is 0 Å². The van der Waals surface area contributed by atoms with Gasteiger partial charge in [-0.2, -0.15) is 0 Å². The summed E-state index contributed by atoms with van der Waals surface area (Å²) in [6.45, 7) is 7.82. The number of hydrogen-bond donors (Lipinski definition) is 1. The van der Waals surface area contributed by atoms with Crippen LogP contribution in [0, 0.1) is 5.92 Å². The summed E-state index contributed by atoms with van der Waals surface area (Å²) in [5, 5.41) is 0. The molecule has 1 aliphatic rings. The van der Waals surface area contributed by atoms with Crippen molar-refractivity contribution < 1.29 is 0 Å². The fraction of sp³-hybridized carbons (Fsp3) is 1.00. The summed E-state index contributed by atoms with van der Waals surface area (Å²) in [6, 6.07) is 0.841. The molecular weight excluding hydrogens is 184 g/mol. The average Bonchev–Trinajstić information content (AvgIpc) is 2.70. The van der Waals surface area contributed by atoms with Gasteiger partial charge in [-0.1, -0.05) is 33.1 Å². The van der Waals surface area contributed by atoms with E-state index in [2.05, 4.69) is 18.7 Å². The molecule has 1 saturated carbocycles. The fourth-order valence-electron chi connectivity index (χ4n) is 2.84. The molecule has 2 nitrogen and oxygen atoms in total. The van der Waals surface area contributed by atoms with Crippen molar-refractivity contribution in [2.75, 3.05) is 19.6 Å². The minimum atomic E-state index is 0.815. The molecule has 0 aliphatic heterocycles. The van der Waals surface area contributed by atoms with Crippen LogP contribution in [0.15, 0.2) is 0 Å². The predicted molar refractivity (Wildman–Crippen MR) is 67.0 cm³/mol. The van der Waals surface area contributed by atoms with Gasteiger partial charge in [-0.3, -0.25) is 4.90 Å². The molecule has 15 heavy (non-hydrogen) atoms. The summed E-state index contributed by atoms with van der Waals surface area (Å²) in [4.78, 5) is 2.65. The van der Waals surface area contributed by atoms with E-state index < -0.39 is 0 Å². The van der Waals surface area contributed by atoms with E-state index in [0.29, 0.717) is 0 Å². The van der Waals surface area contributed by atoms with Crippen molar-refractivity contribution >= 4 is 0 Å². The SMILES string of the molecule is CCCC(C)CN(CCN)C1CCCC1. The highest BCUT2D eigenvalue weighted by Gasteiger charge is 2.22. The zero-order chi connectivity index (χ0) is 11.1. The molecule has 0 saturated heterocycles. The van der Waals surface area contributed by atoms with Crippen LogP contribution in [0.1, 0.15) is 52.4 Å². The van der Waals surface area contributed by atoms with E-state index in [1.165, 1.54) is 45.1 Å². The average molecular weight is 212 g/mol. The summed E-state index contributed by atoms with van der Waals surface area (Å²) in [7, 11) is 0. The Kier molecular flexibility index (Phi) is 6.26. The Morgan fingerprint density at radius 2 is 2.00 bits per heavy atom. The first-order valence-corrected chi connectivity index (χ1v) is 6.72. The highest BCUT2D eigenvalue weighted by molar-refractivity contribution is 4.78. The minimum Gasteiger partial charge on any atom is -0.329 e. The lowest BCUT2D eigenvalue weighted by Gasteiger charge is -2.30. The molecule has 90 valence electrons. The molecule has 0 spiro atoms. The van der Waals surface area contributed by atoms with Crippen LogP contribution < -0.4 is 5.73 Å². The number of rotatable bonds is 7. The maximum Gasteiger partial charge on any atom is 0.0108 e. The Bertz CT molecular complexity index is 153. The highest BCUT2D eigenvalue weighted by atomic mass is 15.2. The monoisotopic (exact) mass is 212 g/mol. The number of nitrogens with zero attached hydrogens (tertiary/aromatic N) is 1. The quantitative estimate of drug-likeness (QED) is 0.703. The normalized spacial score (nSPS) is 20.0. The predicted octanol–water partition coefficient (Wildman–Crippen LogP) is 2.63. The van der Waals surface area contributed by atoms with Gasteiger partial charge < -0.3 is 5.73 Å². The van der Waals surface area contributed by atoms with Gasteiger partial charge in [0.15, 0.2) is 0 Å². The maximum absolute atomic E-state index is 5.71. The molecule has 1 unspecified atom stereocenters. The Labute approximate surface area is 95.2 Å². The molecule has 0 aromatic heterocycles. The molecule has 0 aromatic carbocycles. The maximum atomic E-state index is 5.71. The van der Waals surface area contributed by atoms with Gasteiger partial charge in [0.25, 0.3) is 0 Å². The van der Waals surface area contributed by atoms with E-state index in [1.54, 1.807) is 0 Å². The minimum absolute atomic E-state index is 0.815. The third kappa shape index (κ3) is 4.52. The molecule has 1 rings (SSSR count). The van der Waals surface area contributed by atoms with Crippen molar-refractivity contribution in [1.29, 1.82) is 0 Å². The first-order chi connectivity index (χ1) is 7.27. The summed E-state index contributed by atoms with van der Waals surface area (Å²) >= 11 is 0. The second-order valence-electron chi connectivity index (χ2n) is 5.12. The molecule has 0 heterocycles. The molecule has 0 radical (unpaired) electrons. The Morgan fingerprint density at radius 1 is 1.33 bits per heavy atom. The molecule has 0 amide bonds. The Balaban J connectivity index is 2.34. The zero-order valence-electron chi connectivity index (χ0n) is 10.5. The van der Waals surface area contributed by atoms with Crippen molar-refractivity contribution in [1.82, 2.24) is 4.90 Å². The van der Waals surface area contributed by atoms with Crippen LogP contribution >= 0.6 is 0 Å². The van der Waals surface area contributed by atoms with E-state index >= 15 is 0 Å². The van der Waals surface area contributed by atoms with Gasteiger partial charge in [-0.25, -0.2) is 0 Å². The zero-order valence-corrected chi connectivity index (χ0v) is 10.5. The molecule has 1 fully saturated rings. The van der Waals surface area contributed by atoms with E-state index in [9.17, 15) is 0 Å². The molecule has 2 heteroatoms. The first-order valence-electron chi connectivity index (χ1n) is 6.72. The highest BCUT2D eigenvalue weighted by Crippen LogP contribution is 2.24. The third-order valence-corrected chi connectivity index (χ3v) is 3.59. The molecule has 0 bridgehead atoms. The molecular formula is C13H28N2. The second-order valence-corrected chi connectivity index (χ2v) is 5.12. The van der Waals surface area contributed by atoms with Crippen molar-refractivity contribution in [2.45, 2.75) is 58.4 Å². The van der Waals surface area contributed by atoms with E-state index in [1.807, 2.05) is 0 Å².